The third-order valence-corrected chi connectivity index (χ3v) is 6.92. The molecule has 210 valence electrons. The molecule has 40 heavy (non-hydrogen) atoms. The number of anilines is 1. The number of benzene rings is 2. The van der Waals surface area contributed by atoms with Crippen molar-refractivity contribution in [2.24, 2.45) is 9.39 Å². The molecule has 0 radical (unpaired) electrons. The molecule has 12 nitrogen and oxygen atoms in total. The zero-order valence-corrected chi connectivity index (χ0v) is 22.3. The lowest BCUT2D eigenvalue weighted by Gasteiger charge is -2.20. The fraction of sp³-hybridized carbons (Fsp3) is 0.111. The Labute approximate surface area is 231 Å². The van der Waals surface area contributed by atoms with Crippen molar-refractivity contribution in [3.05, 3.63) is 109 Å². The monoisotopic (exact) mass is 567 g/mol. The smallest absolute Gasteiger partial charge is 0.285 e. The first-order valence-corrected chi connectivity index (χ1v) is 13.0. The van der Waals surface area contributed by atoms with Gasteiger partial charge >= 0.3 is 0 Å². The zero-order chi connectivity index (χ0) is 29.8. The number of nitrogens with zero attached hydrogens (tertiary/aromatic N) is 2. The fourth-order valence-corrected chi connectivity index (χ4v) is 4.35. The topological polar surface area (TPSA) is 199 Å². The predicted molar refractivity (Wildman–Crippen MR) is 152 cm³/mol. The Kier molecular flexibility index (Phi) is 8.59. The van der Waals surface area contributed by atoms with Crippen LogP contribution in [0.4, 0.5) is 5.69 Å². The normalized spacial score (nSPS) is 17.6. The van der Waals surface area contributed by atoms with Crippen molar-refractivity contribution in [2.45, 2.75) is 24.0 Å². The predicted octanol–water partition coefficient (Wildman–Crippen LogP) is 3.24. The number of allylic oxidation sites excluding steroid dienone is 1. The standard InChI is InChI=1S/C27H29N5O7S/c1-6-21(33)24(35)14(2)15(3)29-27(32-40(37,38)19-12-10-18(28)11-13-19)30-16(4)23-17(5)39-26(31-23)20-8-7-9-22(34)25(20)36/h6-13,17,23,33-36H,1-4,28H2,5H3,(H2,29,30,32)/b24-21-/t17?,23-/m1/s1. The summed E-state index contributed by atoms with van der Waals surface area (Å²) in [7, 11) is -4.31. The van der Waals surface area contributed by atoms with E-state index in [9.17, 15) is 28.8 Å². The number of aliphatic imine (C=N–C) groups is 1. The van der Waals surface area contributed by atoms with Gasteiger partial charge in [-0.2, -0.15) is 8.42 Å². The Bertz CT molecular complexity index is 1570. The number of rotatable bonds is 9. The maximum Gasteiger partial charge on any atom is 0.285 e. The van der Waals surface area contributed by atoms with Crippen LogP contribution in [0.1, 0.15) is 12.5 Å². The molecule has 0 aromatic heterocycles. The largest absolute Gasteiger partial charge is 0.504 e. The van der Waals surface area contributed by atoms with Gasteiger partial charge < -0.3 is 41.5 Å². The highest BCUT2D eigenvalue weighted by molar-refractivity contribution is 7.90. The highest BCUT2D eigenvalue weighted by Crippen LogP contribution is 2.32. The van der Waals surface area contributed by atoms with Crippen LogP contribution in [0.15, 0.2) is 118 Å². The first-order valence-electron chi connectivity index (χ1n) is 11.6. The summed E-state index contributed by atoms with van der Waals surface area (Å²) in [4.78, 5) is 4.25. The van der Waals surface area contributed by atoms with Gasteiger partial charge in [0.15, 0.2) is 23.0 Å². The van der Waals surface area contributed by atoms with Crippen LogP contribution in [0, 0.1) is 0 Å². The SMILES string of the molecule is C=C/C(O)=C(/O)C(=C)C(=C)N/C(=N\S(=O)(=O)c1ccc(N)cc1)NC(=C)[C@H]1N=C(c2cccc(O)c2O)OC1C. The number of aromatic hydroxyl groups is 2. The summed E-state index contributed by atoms with van der Waals surface area (Å²) in [6, 6.07) is 8.85. The molecular formula is C27H29N5O7S. The van der Waals surface area contributed by atoms with Crippen molar-refractivity contribution in [3.8, 4) is 11.5 Å². The number of aliphatic hydroxyl groups is 2. The maximum absolute atomic E-state index is 13.1. The number of para-hydroxylation sites is 1. The van der Waals surface area contributed by atoms with Crippen LogP contribution in [-0.4, -0.2) is 52.8 Å². The van der Waals surface area contributed by atoms with Crippen LogP contribution in [0.5, 0.6) is 11.5 Å². The summed E-state index contributed by atoms with van der Waals surface area (Å²) in [5, 5.41) is 45.3. The van der Waals surface area contributed by atoms with Gasteiger partial charge in [0.1, 0.15) is 12.1 Å². The highest BCUT2D eigenvalue weighted by atomic mass is 32.2. The summed E-state index contributed by atoms with van der Waals surface area (Å²) in [6.45, 7) is 16.3. The van der Waals surface area contributed by atoms with E-state index in [-0.39, 0.29) is 39.1 Å². The summed E-state index contributed by atoms with van der Waals surface area (Å²) in [5.74, 6) is -2.37. The second kappa shape index (κ2) is 11.7. The third kappa shape index (κ3) is 6.45. The van der Waals surface area contributed by atoms with Crippen molar-refractivity contribution in [1.29, 1.82) is 0 Å². The summed E-state index contributed by atoms with van der Waals surface area (Å²) in [6.07, 6.45) is 0.358. The molecule has 1 aliphatic heterocycles. The van der Waals surface area contributed by atoms with Crippen LogP contribution in [0.3, 0.4) is 0 Å². The Morgan fingerprint density at radius 3 is 2.38 bits per heavy atom. The zero-order valence-electron chi connectivity index (χ0n) is 21.5. The van der Waals surface area contributed by atoms with Gasteiger partial charge in [-0.15, -0.1) is 4.40 Å². The van der Waals surface area contributed by atoms with E-state index in [1.807, 2.05) is 0 Å². The minimum atomic E-state index is -4.31. The van der Waals surface area contributed by atoms with Gasteiger partial charge in [-0.1, -0.05) is 32.4 Å². The van der Waals surface area contributed by atoms with Gasteiger partial charge in [0, 0.05) is 22.7 Å². The van der Waals surface area contributed by atoms with E-state index in [1.165, 1.54) is 42.5 Å². The van der Waals surface area contributed by atoms with Gasteiger partial charge in [0.25, 0.3) is 10.0 Å². The number of hydrogen-bond donors (Lipinski definition) is 7. The van der Waals surface area contributed by atoms with Crippen molar-refractivity contribution in [1.82, 2.24) is 10.6 Å². The highest BCUT2D eigenvalue weighted by Gasteiger charge is 2.32. The van der Waals surface area contributed by atoms with E-state index in [1.54, 1.807) is 6.92 Å². The van der Waals surface area contributed by atoms with Crippen molar-refractivity contribution in [3.63, 3.8) is 0 Å². The Balaban J connectivity index is 1.96. The molecule has 1 aliphatic rings. The molecule has 0 fully saturated rings. The van der Waals surface area contributed by atoms with Crippen LogP contribution >= 0.6 is 0 Å². The number of phenols is 2. The molecule has 0 saturated carbocycles. The summed E-state index contributed by atoms with van der Waals surface area (Å²) < 4.78 is 35.7. The summed E-state index contributed by atoms with van der Waals surface area (Å²) in [5.41, 5.74) is 5.98. The third-order valence-electron chi connectivity index (χ3n) is 5.62. The Morgan fingerprint density at radius 2 is 1.75 bits per heavy atom. The number of nitrogens with one attached hydrogen (secondary N) is 2. The van der Waals surface area contributed by atoms with Gasteiger partial charge in [0.05, 0.1) is 10.5 Å². The molecule has 13 heteroatoms. The number of ether oxygens (including phenoxy) is 1. The second-order valence-electron chi connectivity index (χ2n) is 8.53. The quantitative estimate of drug-likeness (QED) is 0.0589. The number of sulfonamides is 1. The average molecular weight is 568 g/mol. The lowest BCUT2D eigenvalue weighted by atomic mass is 10.1. The minimum absolute atomic E-state index is 0.0301. The number of aliphatic hydroxyl groups excluding tert-OH is 2. The van der Waals surface area contributed by atoms with Crippen LogP contribution in [0.25, 0.3) is 0 Å². The van der Waals surface area contributed by atoms with Crippen molar-refractivity contribution < 1.29 is 33.6 Å². The number of nitrogen functional groups attached to an aromatic ring is 1. The number of hydrogen-bond acceptors (Lipinski definition) is 9. The van der Waals surface area contributed by atoms with Gasteiger partial charge in [0.2, 0.25) is 11.9 Å². The number of nitrogens with two attached hydrogens (primary N) is 1. The van der Waals surface area contributed by atoms with E-state index < -0.39 is 45.4 Å². The van der Waals surface area contributed by atoms with E-state index in [4.69, 9.17) is 10.5 Å². The molecule has 8 N–H and O–H groups in total. The van der Waals surface area contributed by atoms with Gasteiger partial charge in [-0.3, -0.25) is 0 Å². The number of phenolic OH excluding ortho intramolecular Hbond substituents is 2. The van der Waals surface area contributed by atoms with E-state index >= 15 is 0 Å². The first kappa shape index (κ1) is 29.4. The molecule has 0 aliphatic carbocycles. The van der Waals surface area contributed by atoms with Crippen molar-refractivity contribution >= 4 is 27.6 Å². The molecule has 0 spiro atoms. The number of guanidine groups is 1. The first-order chi connectivity index (χ1) is 18.7. The van der Waals surface area contributed by atoms with Crippen LogP contribution in [-0.2, 0) is 14.8 Å². The second-order valence-corrected chi connectivity index (χ2v) is 10.1. The molecule has 0 bridgehead atoms. The Hall–Kier alpha value is -5.17. The van der Waals surface area contributed by atoms with E-state index in [0.717, 1.165) is 6.08 Å². The van der Waals surface area contributed by atoms with Gasteiger partial charge in [-0.05, 0) is 49.4 Å². The fourth-order valence-electron chi connectivity index (χ4n) is 3.43. The van der Waals surface area contributed by atoms with Crippen LogP contribution in [0.2, 0.25) is 0 Å². The van der Waals surface area contributed by atoms with Crippen molar-refractivity contribution in [2.75, 3.05) is 5.73 Å². The van der Waals surface area contributed by atoms with Gasteiger partial charge in [-0.25, -0.2) is 4.99 Å². The molecule has 1 unspecified atom stereocenters. The lowest BCUT2D eigenvalue weighted by molar-refractivity contribution is 0.222. The molecule has 3 rings (SSSR count). The molecule has 2 aromatic carbocycles. The molecule has 2 atom stereocenters. The van der Waals surface area contributed by atoms with Crippen LogP contribution < -0.4 is 16.4 Å². The lowest BCUT2D eigenvalue weighted by Crippen LogP contribution is -2.41. The Morgan fingerprint density at radius 1 is 1.10 bits per heavy atom. The van der Waals surface area contributed by atoms with E-state index in [0.29, 0.717) is 5.69 Å². The van der Waals surface area contributed by atoms with E-state index in [2.05, 4.69) is 46.3 Å². The molecular weight excluding hydrogens is 538 g/mol. The molecule has 2 aromatic rings. The molecule has 0 amide bonds. The molecule has 0 saturated heterocycles. The summed E-state index contributed by atoms with van der Waals surface area (Å²) >= 11 is 0. The molecule has 1 heterocycles. The minimum Gasteiger partial charge on any atom is -0.504 e. The maximum atomic E-state index is 13.1. The average Bonchev–Trinajstić information content (AvgIpc) is 3.30.